The van der Waals surface area contributed by atoms with Gasteiger partial charge in [0.1, 0.15) is 5.75 Å². The van der Waals surface area contributed by atoms with Crippen LogP contribution in [0.25, 0.3) is 0 Å². The average molecular weight is 247 g/mol. The summed E-state index contributed by atoms with van der Waals surface area (Å²) >= 11 is 0. The van der Waals surface area contributed by atoms with Crippen LogP contribution >= 0.6 is 0 Å². The fourth-order valence-electron chi connectivity index (χ4n) is 3.53. The van der Waals surface area contributed by atoms with E-state index in [1.165, 1.54) is 18.4 Å². The van der Waals surface area contributed by atoms with E-state index in [4.69, 9.17) is 4.74 Å². The molecule has 2 atom stereocenters. The predicted octanol–water partition coefficient (Wildman–Crippen LogP) is 2.11. The number of nitrogens with one attached hydrogen (secondary N) is 1. The lowest BCUT2D eigenvalue weighted by molar-refractivity contribution is -0.0133. The highest BCUT2D eigenvalue weighted by atomic mass is 16.5. The highest BCUT2D eigenvalue weighted by molar-refractivity contribution is 5.41. The summed E-state index contributed by atoms with van der Waals surface area (Å²) in [7, 11) is 1.67. The molecule has 1 aromatic rings. The molecule has 0 aliphatic carbocycles. The van der Waals surface area contributed by atoms with Crippen LogP contribution in [0.3, 0.4) is 0 Å². The van der Waals surface area contributed by atoms with Gasteiger partial charge >= 0.3 is 0 Å². The third-order valence-electron chi connectivity index (χ3n) is 4.36. The highest BCUT2D eigenvalue weighted by Gasteiger charge is 2.44. The Labute approximate surface area is 108 Å². The number of methoxy groups -OCH3 is 1. The first-order valence-electron chi connectivity index (χ1n) is 6.74. The van der Waals surface area contributed by atoms with E-state index in [-0.39, 0.29) is 0 Å². The van der Waals surface area contributed by atoms with Crippen LogP contribution in [0.1, 0.15) is 36.8 Å². The first-order chi connectivity index (χ1) is 8.60. The van der Waals surface area contributed by atoms with Crippen molar-refractivity contribution >= 4 is 0 Å². The van der Waals surface area contributed by atoms with Gasteiger partial charge in [-0.3, -0.25) is 0 Å². The van der Waals surface area contributed by atoms with Gasteiger partial charge in [-0.25, -0.2) is 0 Å². The van der Waals surface area contributed by atoms with Gasteiger partial charge in [0.2, 0.25) is 0 Å². The van der Waals surface area contributed by atoms with Crippen LogP contribution in [0, 0.1) is 6.92 Å². The normalized spacial score (nSPS) is 34.6. The number of piperidine rings is 1. The second-order valence-corrected chi connectivity index (χ2v) is 5.78. The Bertz CT molecular complexity index is 446. The Morgan fingerprint density at radius 1 is 1.28 bits per heavy atom. The predicted molar refractivity (Wildman–Crippen MR) is 70.8 cm³/mol. The molecule has 2 aliphatic heterocycles. The molecule has 0 saturated carbocycles. The number of benzene rings is 1. The van der Waals surface area contributed by atoms with Gasteiger partial charge in [-0.1, -0.05) is 11.6 Å². The van der Waals surface area contributed by atoms with E-state index in [0.717, 1.165) is 24.2 Å². The molecule has 2 bridgehead atoms. The fourth-order valence-corrected chi connectivity index (χ4v) is 3.53. The Morgan fingerprint density at radius 2 is 1.94 bits per heavy atom. The van der Waals surface area contributed by atoms with Crippen LogP contribution in [0.15, 0.2) is 18.2 Å². The summed E-state index contributed by atoms with van der Waals surface area (Å²) < 4.78 is 5.43. The topological polar surface area (TPSA) is 41.5 Å². The van der Waals surface area contributed by atoms with E-state index >= 15 is 0 Å². The van der Waals surface area contributed by atoms with Crippen LogP contribution in [0.5, 0.6) is 5.75 Å². The summed E-state index contributed by atoms with van der Waals surface area (Å²) in [5.41, 5.74) is 1.41. The average Bonchev–Trinajstić information content (AvgIpc) is 2.69. The van der Waals surface area contributed by atoms with Gasteiger partial charge in [-0.15, -0.1) is 0 Å². The quantitative estimate of drug-likeness (QED) is 0.841. The largest absolute Gasteiger partial charge is 0.496 e. The molecule has 2 N–H and O–H groups in total. The molecular formula is C15H21NO2. The molecule has 0 amide bonds. The molecule has 3 rings (SSSR count). The zero-order valence-electron chi connectivity index (χ0n) is 11.1. The van der Waals surface area contributed by atoms with Crippen molar-refractivity contribution in [1.29, 1.82) is 0 Å². The number of aryl methyl sites for hydroxylation is 1. The Morgan fingerprint density at radius 3 is 2.56 bits per heavy atom. The first-order valence-corrected chi connectivity index (χ1v) is 6.74. The molecule has 3 heteroatoms. The molecule has 2 unspecified atom stereocenters. The van der Waals surface area contributed by atoms with Crippen molar-refractivity contribution in [2.75, 3.05) is 7.11 Å². The molecule has 0 radical (unpaired) electrons. The van der Waals surface area contributed by atoms with Crippen molar-refractivity contribution in [2.24, 2.45) is 0 Å². The number of ether oxygens (including phenoxy) is 1. The summed E-state index contributed by atoms with van der Waals surface area (Å²) in [6, 6.07) is 6.98. The number of rotatable bonds is 2. The van der Waals surface area contributed by atoms with Crippen molar-refractivity contribution in [1.82, 2.24) is 5.32 Å². The minimum Gasteiger partial charge on any atom is -0.496 e. The van der Waals surface area contributed by atoms with E-state index < -0.39 is 5.60 Å². The molecule has 2 heterocycles. The van der Waals surface area contributed by atoms with E-state index in [0.29, 0.717) is 12.1 Å². The van der Waals surface area contributed by atoms with Gasteiger partial charge in [0, 0.05) is 17.6 Å². The maximum Gasteiger partial charge on any atom is 0.124 e. The Kier molecular flexibility index (Phi) is 2.83. The monoisotopic (exact) mass is 247 g/mol. The molecule has 18 heavy (non-hydrogen) atoms. The zero-order valence-corrected chi connectivity index (χ0v) is 11.1. The lowest BCUT2D eigenvalue weighted by atomic mass is 9.80. The first kappa shape index (κ1) is 12.0. The zero-order chi connectivity index (χ0) is 12.8. The van der Waals surface area contributed by atoms with Gasteiger partial charge in [0.15, 0.2) is 0 Å². The number of aliphatic hydroxyl groups is 1. The molecule has 0 aromatic heterocycles. The van der Waals surface area contributed by atoms with Crippen molar-refractivity contribution in [3.8, 4) is 5.75 Å². The summed E-state index contributed by atoms with van der Waals surface area (Å²) in [6.45, 7) is 2.06. The summed E-state index contributed by atoms with van der Waals surface area (Å²) in [5.74, 6) is 0.810. The van der Waals surface area contributed by atoms with E-state index in [2.05, 4.69) is 18.3 Å². The smallest absolute Gasteiger partial charge is 0.124 e. The molecule has 1 aromatic carbocycles. The lowest BCUT2D eigenvalue weighted by Gasteiger charge is -2.38. The van der Waals surface area contributed by atoms with E-state index in [1.807, 2.05) is 12.1 Å². The molecular weight excluding hydrogens is 226 g/mol. The maximum absolute atomic E-state index is 11.0. The molecule has 98 valence electrons. The molecule has 2 fully saturated rings. The highest BCUT2D eigenvalue weighted by Crippen LogP contribution is 2.43. The lowest BCUT2D eigenvalue weighted by Crippen LogP contribution is -2.46. The second-order valence-electron chi connectivity index (χ2n) is 5.78. The van der Waals surface area contributed by atoms with Crippen LogP contribution in [0.4, 0.5) is 0 Å². The van der Waals surface area contributed by atoms with Crippen LogP contribution in [0.2, 0.25) is 0 Å². The standard InChI is InChI=1S/C15H21NO2/c1-10-3-6-14(18-2)13(7-10)15(17)8-11-4-5-12(9-15)16-11/h3,6-7,11-12,16-17H,4-5,8-9H2,1-2H3. The number of hydrogen-bond acceptors (Lipinski definition) is 3. The molecule has 0 spiro atoms. The SMILES string of the molecule is COc1ccc(C)cc1C1(O)CC2CCC(C1)N2. The minimum absolute atomic E-state index is 0.457. The van der Waals surface area contributed by atoms with E-state index in [9.17, 15) is 5.11 Å². The number of hydrogen-bond donors (Lipinski definition) is 2. The Hall–Kier alpha value is -1.06. The fraction of sp³-hybridized carbons (Fsp3) is 0.600. The third kappa shape index (κ3) is 1.91. The molecule has 2 saturated heterocycles. The van der Waals surface area contributed by atoms with Crippen LogP contribution in [-0.2, 0) is 5.60 Å². The van der Waals surface area contributed by atoms with Gasteiger partial charge in [0.25, 0.3) is 0 Å². The number of fused-ring (bicyclic) bond motifs is 2. The third-order valence-corrected chi connectivity index (χ3v) is 4.36. The molecule has 2 aliphatic rings. The van der Waals surface area contributed by atoms with Gasteiger partial charge in [-0.05, 0) is 44.7 Å². The summed E-state index contributed by atoms with van der Waals surface area (Å²) in [5, 5.41) is 14.6. The van der Waals surface area contributed by atoms with Gasteiger partial charge < -0.3 is 15.2 Å². The van der Waals surface area contributed by atoms with Crippen molar-refractivity contribution in [3.05, 3.63) is 29.3 Å². The van der Waals surface area contributed by atoms with Crippen molar-refractivity contribution in [2.45, 2.75) is 50.3 Å². The summed E-state index contributed by atoms with van der Waals surface area (Å²) in [6.07, 6.45) is 3.95. The van der Waals surface area contributed by atoms with Crippen molar-refractivity contribution in [3.63, 3.8) is 0 Å². The van der Waals surface area contributed by atoms with Gasteiger partial charge in [-0.2, -0.15) is 0 Å². The summed E-state index contributed by atoms with van der Waals surface area (Å²) in [4.78, 5) is 0. The van der Waals surface area contributed by atoms with Crippen LogP contribution in [-0.4, -0.2) is 24.3 Å². The maximum atomic E-state index is 11.0. The van der Waals surface area contributed by atoms with Crippen molar-refractivity contribution < 1.29 is 9.84 Å². The van der Waals surface area contributed by atoms with Gasteiger partial charge in [0.05, 0.1) is 12.7 Å². The molecule has 3 nitrogen and oxygen atoms in total. The second kappa shape index (κ2) is 4.25. The van der Waals surface area contributed by atoms with E-state index in [1.54, 1.807) is 7.11 Å². The Balaban J connectivity index is 2.00. The minimum atomic E-state index is -0.728. The van der Waals surface area contributed by atoms with Crippen LogP contribution < -0.4 is 10.1 Å².